The molecule has 0 aliphatic rings. The Balaban J connectivity index is 3.61. The minimum Gasteiger partial charge on any atom is -0.444 e. The van der Waals surface area contributed by atoms with Crippen molar-refractivity contribution in [2.75, 3.05) is 6.54 Å². The highest BCUT2D eigenvalue weighted by Crippen LogP contribution is 2.06. The van der Waals surface area contributed by atoms with Crippen molar-refractivity contribution in [3.63, 3.8) is 0 Å². The highest BCUT2D eigenvalue weighted by Gasteiger charge is 2.14. The van der Waals surface area contributed by atoms with Crippen LogP contribution in [0.3, 0.4) is 0 Å². The van der Waals surface area contributed by atoms with E-state index in [9.17, 15) is 4.79 Å². The molecule has 0 aromatic carbocycles. The van der Waals surface area contributed by atoms with Gasteiger partial charge in [-0.2, -0.15) is 0 Å². The highest BCUT2D eigenvalue weighted by molar-refractivity contribution is 5.67. The second kappa shape index (κ2) is 5.68. The predicted molar refractivity (Wildman–Crippen MR) is 58.3 cm³/mol. The van der Waals surface area contributed by atoms with Gasteiger partial charge in [-0.05, 0) is 41.0 Å². The summed E-state index contributed by atoms with van der Waals surface area (Å²) >= 11 is 0. The van der Waals surface area contributed by atoms with Gasteiger partial charge in [0.25, 0.3) is 0 Å². The zero-order valence-electron chi connectivity index (χ0n) is 9.81. The van der Waals surface area contributed by atoms with Gasteiger partial charge >= 0.3 is 6.09 Å². The Hall–Kier alpha value is -0.990. The van der Waals surface area contributed by atoms with E-state index in [1.54, 1.807) is 0 Å². The maximum atomic E-state index is 11.1. The van der Waals surface area contributed by atoms with E-state index in [1.807, 2.05) is 34.6 Å². The number of rotatable bonds is 3. The smallest absolute Gasteiger partial charge is 0.407 e. The van der Waals surface area contributed by atoms with Gasteiger partial charge in [0.2, 0.25) is 0 Å². The molecule has 0 fully saturated rings. The fourth-order valence-corrected chi connectivity index (χ4v) is 0.849. The maximum Gasteiger partial charge on any atom is 0.407 e. The third-order valence-electron chi connectivity index (χ3n) is 1.37. The number of carbonyl (C=O) groups excluding carboxylic acids is 1. The van der Waals surface area contributed by atoms with Crippen molar-refractivity contribution in [1.82, 2.24) is 5.32 Å². The number of nitrogens with one attached hydrogen (secondary N) is 1. The Morgan fingerprint density at radius 3 is 2.36 bits per heavy atom. The summed E-state index contributed by atoms with van der Waals surface area (Å²) in [6.07, 6.45) is 2.58. The number of amides is 1. The van der Waals surface area contributed by atoms with Crippen LogP contribution in [0.4, 0.5) is 4.79 Å². The molecular formula is C11H21NO2. The molecule has 3 heteroatoms. The molecule has 0 aromatic heterocycles. The van der Waals surface area contributed by atoms with Crippen molar-refractivity contribution in [3.05, 3.63) is 11.6 Å². The Morgan fingerprint density at radius 2 is 1.93 bits per heavy atom. The Morgan fingerprint density at radius 1 is 1.36 bits per heavy atom. The zero-order valence-corrected chi connectivity index (χ0v) is 9.81. The summed E-state index contributed by atoms with van der Waals surface area (Å²) in [7, 11) is 0. The topological polar surface area (TPSA) is 38.3 Å². The summed E-state index contributed by atoms with van der Waals surface area (Å²) in [6, 6.07) is 0. The standard InChI is InChI=1S/C11H21NO2/c1-9(2)7-6-8-12-10(13)14-11(3,4)5/h7H,6,8H2,1-5H3,(H,12,13). The molecule has 0 aliphatic carbocycles. The van der Waals surface area contributed by atoms with Gasteiger partial charge in [0.05, 0.1) is 0 Å². The first kappa shape index (κ1) is 13.0. The summed E-state index contributed by atoms with van der Waals surface area (Å²) in [5.74, 6) is 0. The molecule has 0 saturated heterocycles. The number of hydrogen-bond donors (Lipinski definition) is 1. The molecular weight excluding hydrogens is 178 g/mol. The minimum absolute atomic E-state index is 0.348. The van der Waals surface area contributed by atoms with Crippen LogP contribution in [0.2, 0.25) is 0 Å². The lowest BCUT2D eigenvalue weighted by Gasteiger charge is -2.19. The summed E-state index contributed by atoms with van der Waals surface area (Å²) in [5, 5.41) is 2.69. The molecule has 0 aliphatic heterocycles. The van der Waals surface area contributed by atoms with Crippen LogP contribution in [0, 0.1) is 0 Å². The predicted octanol–water partition coefficient (Wildman–Crippen LogP) is 2.87. The van der Waals surface area contributed by atoms with E-state index < -0.39 is 5.60 Å². The number of alkyl carbamates (subject to hydrolysis) is 1. The molecule has 0 heterocycles. The van der Waals surface area contributed by atoms with Crippen molar-refractivity contribution >= 4 is 6.09 Å². The van der Waals surface area contributed by atoms with Crippen LogP contribution in [-0.2, 0) is 4.74 Å². The van der Waals surface area contributed by atoms with E-state index in [4.69, 9.17) is 4.74 Å². The van der Waals surface area contributed by atoms with E-state index in [1.165, 1.54) is 5.57 Å². The first-order valence-corrected chi connectivity index (χ1v) is 4.91. The van der Waals surface area contributed by atoms with Crippen molar-refractivity contribution in [2.45, 2.75) is 46.6 Å². The molecule has 14 heavy (non-hydrogen) atoms. The van der Waals surface area contributed by atoms with Crippen LogP contribution in [0.1, 0.15) is 41.0 Å². The van der Waals surface area contributed by atoms with Crippen LogP contribution in [0.15, 0.2) is 11.6 Å². The Labute approximate surface area is 86.5 Å². The second-order valence-electron chi connectivity index (χ2n) is 4.50. The van der Waals surface area contributed by atoms with E-state index in [2.05, 4.69) is 11.4 Å². The summed E-state index contributed by atoms with van der Waals surface area (Å²) < 4.78 is 5.07. The fourth-order valence-electron chi connectivity index (χ4n) is 0.849. The molecule has 0 spiro atoms. The fraction of sp³-hybridized carbons (Fsp3) is 0.727. The average Bonchev–Trinajstić information content (AvgIpc) is 1.94. The highest BCUT2D eigenvalue weighted by atomic mass is 16.6. The van der Waals surface area contributed by atoms with Gasteiger partial charge in [-0.25, -0.2) is 4.79 Å². The molecule has 3 nitrogen and oxygen atoms in total. The molecule has 0 saturated carbocycles. The molecule has 0 atom stereocenters. The lowest BCUT2D eigenvalue weighted by molar-refractivity contribution is 0.0529. The molecule has 0 bridgehead atoms. The van der Waals surface area contributed by atoms with Crippen molar-refractivity contribution in [2.24, 2.45) is 0 Å². The first-order valence-electron chi connectivity index (χ1n) is 4.91. The average molecular weight is 199 g/mol. The third kappa shape index (κ3) is 9.10. The largest absolute Gasteiger partial charge is 0.444 e. The number of hydrogen-bond acceptors (Lipinski definition) is 2. The minimum atomic E-state index is -0.416. The molecule has 82 valence electrons. The van der Waals surface area contributed by atoms with Crippen LogP contribution < -0.4 is 5.32 Å². The SMILES string of the molecule is CC(C)=CCCNC(=O)OC(C)(C)C. The van der Waals surface area contributed by atoms with E-state index in [0.717, 1.165) is 6.42 Å². The molecule has 0 aromatic rings. The van der Waals surface area contributed by atoms with Gasteiger partial charge in [0.1, 0.15) is 5.60 Å². The number of carbonyl (C=O) groups is 1. The third-order valence-corrected chi connectivity index (χ3v) is 1.37. The molecule has 0 unspecified atom stereocenters. The number of ether oxygens (including phenoxy) is 1. The van der Waals surface area contributed by atoms with Crippen molar-refractivity contribution in [3.8, 4) is 0 Å². The molecule has 1 amide bonds. The Bertz CT molecular complexity index is 210. The van der Waals surface area contributed by atoms with Crippen LogP contribution in [-0.4, -0.2) is 18.2 Å². The van der Waals surface area contributed by atoms with Gasteiger partial charge in [0, 0.05) is 6.54 Å². The van der Waals surface area contributed by atoms with Crippen LogP contribution >= 0.6 is 0 Å². The van der Waals surface area contributed by atoms with Gasteiger partial charge in [0.15, 0.2) is 0 Å². The van der Waals surface area contributed by atoms with Crippen LogP contribution in [0.25, 0.3) is 0 Å². The zero-order chi connectivity index (χ0) is 11.2. The quantitative estimate of drug-likeness (QED) is 0.560. The maximum absolute atomic E-state index is 11.1. The second-order valence-corrected chi connectivity index (χ2v) is 4.50. The normalized spacial score (nSPS) is 10.6. The number of allylic oxidation sites excluding steroid dienone is 1. The van der Waals surface area contributed by atoms with Crippen molar-refractivity contribution < 1.29 is 9.53 Å². The van der Waals surface area contributed by atoms with Gasteiger partial charge in [-0.1, -0.05) is 11.6 Å². The molecule has 0 radical (unpaired) electrons. The van der Waals surface area contributed by atoms with E-state index in [-0.39, 0.29) is 6.09 Å². The van der Waals surface area contributed by atoms with Gasteiger partial charge in [-0.3, -0.25) is 0 Å². The summed E-state index contributed by atoms with van der Waals surface area (Å²) in [6.45, 7) is 10.2. The summed E-state index contributed by atoms with van der Waals surface area (Å²) in [5.41, 5.74) is 0.844. The van der Waals surface area contributed by atoms with Crippen molar-refractivity contribution in [1.29, 1.82) is 0 Å². The first-order chi connectivity index (χ1) is 6.31. The van der Waals surface area contributed by atoms with E-state index >= 15 is 0 Å². The monoisotopic (exact) mass is 199 g/mol. The Kier molecular flexibility index (Phi) is 5.28. The summed E-state index contributed by atoms with van der Waals surface area (Å²) in [4.78, 5) is 11.1. The van der Waals surface area contributed by atoms with Gasteiger partial charge in [-0.15, -0.1) is 0 Å². The van der Waals surface area contributed by atoms with E-state index in [0.29, 0.717) is 6.54 Å². The lowest BCUT2D eigenvalue weighted by Crippen LogP contribution is -2.32. The lowest BCUT2D eigenvalue weighted by atomic mass is 10.2. The molecule has 0 rings (SSSR count). The molecule has 1 N–H and O–H groups in total. The van der Waals surface area contributed by atoms with Crippen LogP contribution in [0.5, 0.6) is 0 Å². The van der Waals surface area contributed by atoms with Gasteiger partial charge < -0.3 is 10.1 Å².